The van der Waals surface area contributed by atoms with E-state index in [1.165, 1.54) is 11.1 Å². The van der Waals surface area contributed by atoms with E-state index in [0.717, 1.165) is 43.8 Å². The molecule has 3 aromatic rings. The van der Waals surface area contributed by atoms with Gasteiger partial charge in [0.05, 0.1) is 19.3 Å². The smallest absolute Gasteiger partial charge is 0.258 e. The van der Waals surface area contributed by atoms with E-state index < -0.39 is 0 Å². The minimum atomic E-state index is -0.206. The molecule has 1 fully saturated rings. The lowest BCUT2D eigenvalue weighted by molar-refractivity contribution is -0.125. The summed E-state index contributed by atoms with van der Waals surface area (Å²) >= 11 is 0. The molecular weight excluding hydrogens is 452 g/mol. The first-order valence-corrected chi connectivity index (χ1v) is 12.6. The standard InChI is InChI=1S/C30H34N2O4/c1-34-24-12-8-9-22(19-24)20-32-17-15-30(16-18-32)26-14-7-6-13-25(26)28(29(30)35-2)31-27(33)21-36-23-10-4-3-5-11-23/h3-14,19,28-29H,15-18,20-21H2,1-2H3,(H,31,33)/t28-,29+/m0/s1. The van der Waals surface area contributed by atoms with Gasteiger partial charge in [-0.25, -0.2) is 0 Å². The van der Waals surface area contributed by atoms with E-state index in [-0.39, 0.29) is 30.1 Å². The number of benzene rings is 3. The van der Waals surface area contributed by atoms with E-state index >= 15 is 0 Å². The van der Waals surface area contributed by atoms with Gasteiger partial charge in [-0.2, -0.15) is 0 Å². The summed E-state index contributed by atoms with van der Waals surface area (Å²) < 4.78 is 17.2. The van der Waals surface area contributed by atoms with Crippen LogP contribution in [0.5, 0.6) is 11.5 Å². The Morgan fingerprint density at radius 2 is 1.67 bits per heavy atom. The molecule has 0 bridgehead atoms. The van der Waals surface area contributed by atoms with Crippen molar-refractivity contribution in [3.05, 3.63) is 95.6 Å². The maximum absolute atomic E-state index is 12.9. The van der Waals surface area contributed by atoms with Crippen LogP contribution in [0.1, 0.15) is 35.6 Å². The van der Waals surface area contributed by atoms with Crippen LogP contribution in [0.3, 0.4) is 0 Å². The van der Waals surface area contributed by atoms with Crippen molar-refractivity contribution < 1.29 is 19.0 Å². The molecule has 2 aliphatic rings. The quantitative estimate of drug-likeness (QED) is 0.508. The highest BCUT2D eigenvalue weighted by Gasteiger charge is 2.53. The summed E-state index contributed by atoms with van der Waals surface area (Å²) in [4.78, 5) is 15.4. The molecule has 2 atom stereocenters. The third-order valence-electron chi connectivity index (χ3n) is 7.65. The summed E-state index contributed by atoms with van der Waals surface area (Å²) in [5.74, 6) is 1.43. The lowest BCUT2D eigenvalue weighted by Gasteiger charge is -2.44. The maximum atomic E-state index is 12.9. The molecule has 6 nitrogen and oxygen atoms in total. The molecule has 0 saturated carbocycles. The van der Waals surface area contributed by atoms with Crippen molar-refractivity contribution in [3.63, 3.8) is 0 Å². The first-order chi connectivity index (χ1) is 17.6. The van der Waals surface area contributed by atoms with Crippen molar-refractivity contribution in [2.75, 3.05) is 33.9 Å². The Labute approximate surface area is 213 Å². The second kappa shape index (κ2) is 10.7. The number of rotatable bonds is 8. The van der Waals surface area contributed by atoms with Gasteiger partial charge in [0.15, 0.2) is 6.61 Å². The lowest BCUT2D eigenvalue weighted by Crippen LogP contribution is -2.50. The topological polar surface area (TPSA) is 60.0 Å². The molecule has 0 unspecified atom stereocenters. The zero-order valence-corrected chi connectivity index (χ0v) is 21.0. The van der Waals surface area contributed by atoms with Gasteiger partial charge in [-0.3, -0.25) is 9.69 Å². The van der Waals surface area contributed by atoms with E-state index in [2.05, 4.69) is 40.5 Å². The van der Waals surface area contributed by atoms with E-state index in [0.29, 0.717) is 5.75 Å². The summed E-state index contributed by atoms with van der Waals surface area (Å²) in [6, 6.07) is 26.0. The van der Waals surface area contributed by atoms with Crippen LogP contribution in [-0.2, 0) is 21.5 Å². The molecule has 5 rings (SSSR count). The van der Waals surface area contributed by atoms with Gasteiger partial charge >= 0.3 is 0 Å². The molecule has 3 aromatic carbocycles. The average Bonchev–Trinajstić information content (AvgIpc) is 3.17. The number of hydrogen-bond acceptors (Lipinski definition) is 5. The van der Waals surface area contributed by atoms with Gasteiger partial charge in [-0.1, -0.05) is 54.6 Å². The Morgan fingerprint density at radius 3 is 2.42 bits per heavy atom. The summed E-state index contributed by atoms with van der Waals surface area (Å²) in [6.45, 7) is 2.79. The van der Waals surface area contributed by atoms with Gasteiger partial charge in [0, 0.05) is 19.1 Å². The van der Waals surface area contributed by atoms with Gasteiger partial charge in [0.2, 0.25) is 0 Å². The number of fused-ring (bicyclic) bond motifs is 2. The van der Waals surface area contributed by atoms with Crippen molar-refractivity contribution in [2.24, 2.45) is 0 Å². The first kappa shape index (κ1) is 24.3. The Morgan fingerprint density at radius 1 is 0.944 bits per heavy atom. The molecule has 188 valence electrons. The number of para-hydroxylation sites is 1. The molecule has 6 heteroatoms. The number of carbonyl (C=O) groups is 1. The summed E-state index contributed by atoms with van der Waals surface area (Å²) in [5.41, 5.74) is 3.57. The highest BCUT2D eigenvalue weighted by molar-refractivity contribution is 5.78. The summed E-state index contributed by atoms with van der Waals surface area (Å²) in [7, 11) is 3.47. The third-order valence-corrected chi connectivity index (χ3v) is 7.65. The highest BCUT2D eigenvalue weighted by Crippen LogP contribution is 2.52. The number of nitrogens with one attached hydrogen (secondary N) is 1. The molecular formula is C30H34N2O4. The van der Waals surface area contributed by atoms with Crippen LogP contribution >= 0.6 is 0 Å². The zero-order chi connectivity index (χ0) is 25.0. The first-order valence-electron chi connectivity index (χ1n) is 12.6. The number of ether oxygens (including phenoxy) is 3. The van der Waals surface area contributed by atoms with Gasteiger partial charge in [-0.05, 0) is 66.9 Å². The van der Waals surface area contributed by atoms with E-state index in [9.17, 15) is 4.79 Å². The van der Waals surface area contributed by atoms with Crippen LogP contribution in [-0.4, -0.2) is 50.8 Å². The molecule has 36 heavy (non-hydrogen) atoms. The maximum Gasteiger partial charge on any atom is 0.258 e. The van der Waals surface area contributed by atoms with Gasteiger partial charge in [-0.15, -0.1) is 0 Å². The number of carbonyl (C=O) groups excluding carboxylic acids is 1. The predicted octanol–water partition coefficient (Wildman–Crippen LogP) is 4.49. The fraction of sp³-hybridized carbons (Fsp3) is 0.367. The van der Waals surface area contributed by atoms with E-state index in [1.807, 2.05) is 48.5 Å². The lowest BCUT2D eigenvalue weighted by atomic mass is 9.72. The molecule has 1 aliphatic heterocycles. The van der Waals surface area contributed by atoms with Crippen LogP contribution in [0.15, 0.2) is 78.9 Å². The number of likely N-dealkylation sites (tertiary alicyclic amines) is 1. The monoisotopic (exact) mass is 486 g/mol. The predicted molar refractivity (Wildman–Crippen MR) is 139 cm³/mol. The second-order valence-corrected chi connectivity index (χ2v) is 9.67. The molecule has 1 spiro atoms. The fourth-order valence-corrected chi connectivity index (χ4v) is 5.95. The second-order valence-electron chi connectivity index (χ2n) is 9.67. The molecule has 0 aromatic heterocycles. The van der Waals surface area contributed by atoms with Gasteiger partial charge < -0.3 is 19.5 Å². The molecule has 1 heterocycles. The van der Waals surface area contributed by atoms with Crippen molar-refractivity contribution in [1.82, 2.24) is 10.2 Å². The molecule has 1 amide bonds. The number of amides is 1. The molecule has 1 aliphatic carbocycles. The number of piperidine rings is 1. The van der Waals surface area contributed by atoms with Crippen molar-refractivity contribution >= 4 is 5.91 Å². The van der Waals surface area contributed by atoms with Crippen LogP contribution in [0.4, 0.5) is 0 Å². The van der Waals surface area contributed by atoms with Crippen molar-refractivity contribution in [2.45, 2.75) is 36.9 Å². The Hall–Kier alpha value is -3.35. The van der Waals surface area contributed by atoms with Crippen LogP contribution < -0.4 is 14.8 Å². The minimum Gasteiger partial charge on any atom is -0.497 e. The Kier molecular flexibility index (Phi) is 7.25. The number of methoxy groups -OCH3 is 2. The minimum absolute atomic E-state index is 0.0274. The number of nitrogens with zero attached hydrogens (tertiary/aromatic N) is 1. The Bertz CT molecular complexity index is 1170. The molecule has 0 radical (unpaired) electrons. The Balaban J connectivity index is 1.29. The summed E-state index contributed by atoms with van der Waals surface area (Å²) in [5, 5.41) is 3.23. The van der Waals surface area contributed by atoms with Gasteiger partial charge in [0.25, 0.3) is 5.91 Å². The third kappa shape index (κ3) is 4.84. The molecule has 1 N–H and O–H groups in total. The van der Waals surface area contributed by atoms with Crippen LogP contribution in [0.25, 0.3) is 0 Å². The normalized spacial score (nSPS) is 20.6. The fourth-order valence-electron chi connectivity index (χ4n) is 5.95. The highest BCUT2D eigenvalue weighted by atomic mass is 16.5. The zero-order valence-electron chi connectivity index (χ0n) is 21.0. The average molecular weight is 487 g/mol. The van der Waals surface area contributed by atoms with Gasteiger partial charge in [0.1, 0.15) is 11.5 Å². The summed E-state index contributed by atoms with van der Waals surface area (Å²) in [6.07, 6.45) is 1.81. The van der Waals surface area contributed by atoms with E-state index in [1.54, 1.807) is 14.2 Å². The number of hydrogen-bond donors (Lipinski definition) is 1. The van der Waals surface area contributed by atoms with Crippen LogP contribution in [0.2, 0.25) is 0 Å². The van der Waals surface area contributed by atoms with Crippen molar-refractivity contribution in [1.29, 1.82) is 0 Å². The van der Waals surface area contributed by atoms with Crippen LogP contribution in [0, 0.1) is 0 Å². The largest absolute Gasteiger partial charge is 0.497 e. The molecule has 1 saturated heterocycles. The SMILES string of the molecule is COc1cccc(CN2CCC3(CC2)c2ccccc2[C@H](NC(=O)COc2ccccc2)[C@H]3OC)c1. The van der Waals surface area contributed by atoms with E-state index in [4.69, 9.17) is 14.2 Å². The van der Waals surface area contributed by atoms with Crippen molar-refractivity contribution in [3.8, 4) is 11.5 Å².